The first kappa shape index (κ1) is 19.2. The molecule has 2 aromatic rings. The molecule has 0 atom stereocenters. The van der Waals surface area contributed by atoms with E-state index in [2.05, 4.69) is 20.4 Å². The molecular formula is C19H26N4O4. The molecule has 1 aliphatic rings. The van der Waals surface area contributed by atoms with Crippen LogP contribution in [0.15, 0.2) is 45.6 Å². The molecule has 2 aromatic heterocycles. The zero-order valence-electron chi connectivity index (χ0n) is 15.4. The number of rotatable bonds is 4. The fraction of sp³-hybridized carbons (Fsp3) is 0.474. The summed E-state index contributed by atoms with van der Waals surface area (Å²) in [5.41, 5.74) is 0. The first-order chi connectivity index (χ1) is 13.2. The molecular weight excluding hydrogens is 348 g/mol. The molecule has 0 radical (unpaired) electrons. The van der Waals surface area contributed by atoms with Gasteiger partial charge in [0, 0.05) is 39.3 Å². The molecule has 0 spiro atoms. The maximum absolute atomic E-state index is 11.9. The van der Waals surface area contributed by atoms with Gasteiger partial charge in [-0.3, -0.25) is 19.4 Å². The van der Waals surface area contributed by atoms with Crippen LogP contribution in [0, 0.1) is 0 Å². The van der Waals surface area contributed by atoms with Crippen LogP contribution >= 0.6 is 0 Å². The Hall–Kier alpha value is -2.58. The SMILES string of the molecule is O=C1CC(=O)NCCN(Cc2ccco2)CCN(Cc2ccco2)CCN1. The van der Waals surface area contributed by atoms with Crippen molar-refractivity contribution in [2.45, 2.75) is 19.5 Å². The van der Waals surface area contributed by atoms with Gasteiger partial charge in [0.25, 0.3) is 0 Å². The van der Waals surface area contributed by atoms with Crippen LogP contribution < -0.4 is 10.6 Å². The van der Waals surface area contributed by atoms with Crippen LogP contribution in [0.25, 0.3) is 0 Å². The quantitative estimate of drug-likeness (QED) is 0.770. The highest BCUT2D eigenvalue weighted by Gasteiger charge is 2.16. The Bertz CT molecular complexity index is 639. The van der Waals surface area contributed by atoms with Gasteiger partial charge in [-0.15, -0.1) is 0 Å². The van der Waals surface area contributed by atoms with E-state index in [1.54, 1.807) is 12.5 Å². The summed E-state index contributed by atoms with van der Waals surface area (Å²) in [5.74, 6) is 1.27. The zero-order valence-corrected chi connectivity index (χ0v) is 15.4. The van der Waals surface area contributed by atoms with Gasteiger partial charge in [0.05, 0.1) is 25.6 Å². The summed E-state index contributed by atoms with van der Waals surface area (Å²) in [7, 11) is 0. The van der Waals surface area contributed by atoms with E-state index < -0.39 is 0 Å². The van der Waals surface area contributed by atoms with Crippen molar-refractivity contribution in [1.82, 2.24) is 20.4 Å². The molecule has 1 aliphatic heterocycles. The van der Waals surface area contributed by atoms with Crippen LogP contribution in [0.2, 0.25) is 0 Å². The number of nitrogens with one attached hydrogen (secondary N) is 2. The van der Waals surface area contributed by atoms with Crippen molar-refractivity contribution in [2.24, 2.45) is 0 Å². The summed E-state index contributed by atoms with van der Waals surface area (Å²) in [6.07, 6.45) is 3.19. The number of carbonyl (C=O) groups excluding carboxylic acids is 2. The largest absolute Gasteiger partial charge is 0.468 e. The maximum Gasteiger partial charge on any atom is 0.229 e. The highest BCUT2D eigenvalue weighted by molar-refractivity contribution is 5.96. The second-order valence-corrected chi connectivity index (χ2v) is 6.59. The highest BCUT2D eigenvalue weighted by atomic mass is 16.3. The molecule has 0 aromatic carbocycles. The summed E-state index contributed by atoms with van der Waals surface area (Å²) < 4.78 is 10.9. The Morgan fingerprint density at radius 2 is 1.26 bits per heavy atom. The summed E-state index contributed by atoms with van der Waals surface area (Å²) in [6, 6.07) is 7.64. The molecule has 0 saturated carbocycles. The van der Waals surface area contributed by atoms with Crippen LogP contribution in [0.4, 0.5) is 0 Å². The minimum atomic E-state index is -0.253. The number of hydrogen-bond donors (Lipinski definition) is 2. The van der Waals surface area contributed by atoms with Crippen LogP contribution in [0.3, 0.4) is 0 Å². The molecule has 1 saturated heterocycles. The van der Waals surface area contributed by atoms with E-state index in [1.165, 1.54) is 0 Å². The fourth-order valence-electron chi connectivity index (χ4n) is 3.05. The zero-order chi connectivity index (χ0) is 18.9. The second-order valence-electron chi connectivity index (χ2n) is 6.59. The topological polar surface area (TPSA) is 91.0 Å². The Balaban J connectivity index is 1.64. The summed E-state index contributed by atoms with van der Waals surface area (Å²) in [4.78, 5) is 28.2. The van der Waals surface area contributed by atoms with Gasteiger partial charge in [-0.25, -0.2) is 0 Å². The minimum absolute atomic E-state index is 0.142. The van der Waals surface area contributed by atoms with Crippen molar-refractivity contribution < 1.29 is 18.4 Å². The molecule has 0 unspecified atom stereocenters. The van der Waals surface area contributed by atoms with E-state index in [0.717, 1.165) is 24.6 Å². The number of nitrogens with zero attached hydrogens (tertiary/aromatic N) is 2. The third-order valence-electron chi connectivity index (χ3n) is 4.47. The van der Waals surface area contributed by atoms with Crippen molar-refractivity contribution in [3.63, 3.8) is 0 Å². The average molecular weight is 374 g/mol. The van der Waals surface area contributed by atoms with Crippen LogP contribution in [-0.4, -0.2) is 60.9 Å². The van der Waals surface area contributed by atoms with Gasteiger partial charge < -0.3 is 19.5 Å². The molecule has 146 valence electrons. The highest BCUT2D eigenvalue weighted by Crippen LogP contribution is 2.08. The molecule has 3 rings (SSSR count). The average Bonchev–Trinajstić information content (AvgIpc) is 3.32. The smallest absolute Gasteiger partial charge is 0.229 e. The Morgan fingerprint density at radius 3 is 1.67 bits per heavy atom. The Kier molecular flexibility index (Phi) is 7.06. The van der Waals surface area contributed by atoms with Gasteiger partial charge >= 0.3 is 0 Å². The van der Waals surface area contributed by atoms with Crippen LogP contribution in [-0.2, 0) is 22.7 Å². The molecule has 2 N–H and O–H groups in total. The van der Waals surface area contributed by atoms with Gasteiger partial charge in [0.2, 0.25) is 11.8 Å². The fourth-order valence-corrected chi connectivity index (χ4v) is 3.05. The normalized spacial score (nSPS) is 18.8. The lowest BCUT2D eigenvalue weighted by Gasteiger charge is -2.26. The van der Waals surface area contributed by atoms with Crippen molar-refractivity contribution in [3.8, 4) is 0 Å². The standard InChI is InChI=1S/C19H26N4O4/c24-18-13-19(25)21-6-8-23(15-17-4-2-12-27-17)10-9-22(7-5-20-18)14-16-3-1-11-26-16/h1-4,11-12H,5-10,13-15H2,(H,20,24)(H,21,25). The molecule has 2 amide bonds. The molecule has 1 fully saturated rings. The lowest BCUT2D eigenvalue weighted by molar-refractivity contribution is -0.129. The van der Waals surface area contributed by atoms with Crippen molar-refractivity contribution in [3.05, 3.63) is 48.3 Å². The van der Waals surface area contributed by atoms with Crippen molar-refractivity contribution in [1.29, 1.82) is 0 Å². The third-order valence-corrected chi connectivity index (χ3v) is 4.47. The van der Waals surface area contributed by atoms with Gasteiger partial charge in [0.1, 0.15) is 17.9 Å². The lowest BCUT2D eigenvalue weighted by atomic mass is 10.3. The van der Waals surface area contributed by atoms with E-state index in [0.29, 0.717) is 39.3 Å². The van der Waals surface area contributed by atoms with Gasteiger partial charge in [-0.2, -0.15) is 0 Å². The molecule has 8 nitrogen and oxygen atoms in total. The summed E-state index contributed by atoms with van der Waals surface area (Å²) in [6.45, 7) is 5.32. The molecule has 8 heteroatoms. The molecule has 0 bridgehead atoms. The number of hydrogen-bond acceptors (Lipinski definition) is 6. The van der Waals surface area contributed by atoms with E-state index >= 15 is 0 Å². The molecule has 3 heterocycles. The minimum Gasteiger partial charge on any atom is -0.468 e. The first-order valence-electron chi connectivity index (χ1n) is 9.22. The Labute approximate surface area is 158 Å². The maximum atomic E-state index is 11.9. The summed E-state index contributed by atoms with van der Waals surface area (Å²) in [5, 5.41) is 5.62. The van der Waals surface area contributed by atoms with Gasteiger partial charge in [-0.05, 0) is 24.3 Å². The van der Waals surface area contributed by atoms with Crippen molar-refractivity contribution >= 4 is 11.8 Å². The third kappa shape index (κ3) is 6.58. The number of furan rings is 2. The Morgan fingerprint density at radius 1 is 0.778 bits per heavy atom. The molecule has 0 aliphatic carbocycles. The van der Waals surface area contributed by atoms with Crippen molar-refractivity contribution in [2.75, 3.05) is 39.3 Å². The molecule has 27 heavy (non-hydrogen) atoms. The van der Waals surface area contributed by atoms with E-state index in [1.807, 2.05) is 24.3 Å². The van der Waals surface area contributed by atoms with E-state index in [-0.39, 0.29) is 18.2 Å². The van der Waals surface area contributed by atoms with E-state index in [4.69, 9.17) is 8.83 Å². The van der Waals surface area contributed by atoms with Crippen LogP contribution in [0.5, 0.6) is 0 Å². The monoisotopic (exact) mass is 374 g/mol. The van der Waals surface area contributed by atoms with E-state index in [9.17, 15) is 9.59 Å². The summed E-state index contributed by atoms with van der Waals surface area (Å²) >= 11 is 0. The predicted molar refractivity (Wildman–Crippen MR) is 98.6 cm³/mol. The first-order valence-corrected chi connectivity index (χ1v) is 9.22. The van der Waals surface area contributed by atoms with Crippen LogP contribution in [0.1, 0.15) is 17.9 Å². The predicted octanol–water partition coefficient (Wildman–Crippen LogP) is 0.813. The lowest BCUT2D eigenvalue weighted by Crippen LogP contribution is -2.39. The number of amides is 2. The van der Waals surface area contributed by atoms with Gasteiger partial charge in [-0.1, -0.05) is 0 Å². The number of carbonyl (C=O) groups is 2. The second kappa shape index (κ2) is 9.94. The van der Waals surface area contributed by atoms with Gasteiger partial charge in [0.15, 0.2) is 0 Å².